The first kappa shape index (κ1) is 40.0. The number of benzene rings is 2. The van der Waals surface area contributed by atoms with Gasteiger partial charge in [0.1, 0.15) is 17.9 Å². The molecule has 1 heterocycles. The van der Waals surface area contributed by atoms with E-state index in [1.165, 1.54) is 6.42 Å². The van der Waals surface area contributed by atoms with Gasteiger partial charge < -0.3 is 35.4 Å². The number of para-hydroxylation sites is 1. The number of hydrogen-bond acceptors (Lipinski definition) is 9. The van der Waals surface area contributed by atoms with E-state index >= 15 is 0 Å². The highest BCUT2D eigenvalue weighted by atomic mass is 16.7. The number of rotatable bonds is 15. The van der Waals surface area contributed by atoms with Crippen molar-refractivity contribution in [2.24, 2.45) is 29.1 Å². The highest BCUT2D eigenvalue weighted by Crippen LogP contribution is 2.61. The van der Waals surface area contributed by atoms with Crippen LogP contribution in [0.5, 0.6) is 5.75 Å². The lowest BCUT2D eigenvalue weighted by molar-refractivity contribution is -0.183. The van der Waals surface area contributed by atoms with Crippen LogP contribution in [0, 0.1) is 29.1 Å². The third-order valence-electron chi connectivity index (χ3n) is 12.3. The maximum atomic E-state index is 14.2. The molecule has 4 fully saturated rings. The van der Waals surface area contributed by atoms with E-state index < -0.39 is 24.2 Å². The second-order valence-electron chi connectivity index (χ2n) is 16.6. The Hall–Kier alpha value is -3.22. The number of carbonyl (C=O) groups excluding carboxylic acids is 2. The van der Waals surface area contributed by atoms with Gasteiger partial charge in [-0.2, -0.15) is 5.06 Å². The van der Waals surface area contributed by atoms with Crippen LogP contribution in [0.2, 0.25) is 0 Å². The Bertz CT molecular complexity index is 1560. The molecule has 2 bridgehead atoms. The van der Waals surface area contributed by atoms with E-state index in [0.29, 0.717) is 29.1 Å². The minimum absolute atomic E-state index is 0.0227. The fraction of sp³-hybridized carbons (Fsp3) is 0.659. The number of aliphatic hydroxyl groups is 2. The Balaban J connectivity index is 1.45. The predicted octanol–water partition coefficient (Wildman–Crippen LogP) is 4.55. The van der Waals surface area contributed by atoms with Crippen LogP contribution in [0.1, 0.15) is 76.2 Å². The average molecular weight is 722 g/mol. The van der Waals surface area contributed by atoms with Gasteiger partial charge in [-0.3, -0.25) is 14.4 Å². The van der Waals surface area contributed by atoms with E-state index in [1.807, 2.05) is 69.5 Å². The largest absolute Gasteiger partial charge is 0.496 e. The zero-order valence-electron chi connectivity index (χ0n) is 33.0. The minimum atomic E-state index is -0.893. The summed E-state index contributed by atoms with van der Waals surface area (Å²) in [7, 11) is 9.53. The van der Waals surface area contributed by atoms with E-state index in [4.69, 9.17) is 9.57 Å². The summed E-state index contributed by atoms with van der Waals surface area (Å²) in [5.74, 6) is 1.11. The topological polar surface area (TPSA) is 127 Å². The van der Waals surface area contributed by atoms with Crippen molar-refractivity contribution in [2.75, 3.05) is 53.4 Å². The number of hydroxylamine groups is 2. The summed E-state index contributed by atoms with van der Waals surface area (Å²) in [6, 6.07) is 10.9. The van der Waals surface area contributed by atoms with Crippen molar-refractivity contribution in [3.8, 4) is 16.9 Å². The fourth-order valence-corrected chi connectivity index (χ4v) is 9.25. The Labute approximate surface area is 311 Å². The SMILES string of the molecule is CCC[C@@H](CN(C)C)NC(=O)c1cc(-c2cccc(CN3O[C@@H](CO)[C@@H]([C@H](C)O)[C@H]3C(=O)N[C@H]3C[C@H]4C[C@@H]([C@@H]3C)C4(C)C)c2OC)cc(N(C)C)c1. The zero-order valence-corrected chi connectivity index (χ0v) is 33.0. The van der Waals surface area contributed by atoms with Crippen molar-refractivity contribution in [3.05, 3.63) is 47.5 Å². The molecule has 0 spiro atoms. The average Bonchev–Trinajstić information content (AvgIpc) is 3.47. The van der Waals surface area contributed by atoms with Crippen molar-refractivity contribution in [2.45, 2.75) is 97.2 Å². The number of aliphatic hydroxyl groups excluding tert-OH is 2. The van der Waals surface area contributed by atoms with Crippen LogP contribution in [0.25, 0.3) is 11.1 Å². The number of nitrogens with one attached hydrogen (secondary N) is 2. The number of methoxy groups -OCH3 is 1. The molecule has 9 atom stereocenters. The molecule has 0 aromatic heterocycles. The van der Waals surface area contributed by atoms with Gasteiger partial charge in [-0.05, 0) is 87.2 Å². The van der Waals surface area contributed by atoms with Crippen molar-refractivity contribution < 1.29 is 29.4 Å². The summed E-state index contributed by atoms with van der Waals surface area (Å²) < 4.78 is 6.08. The van der Waals surface area contributed by atoms with Crippen LogP contribution in [0.15, 0.2) is 36.4 Å². The lowest BCUT2D eigenvalue weighted by Crippen LogP contribution is -2.62. The summed E-state index contributed by atoms with van der Waals surface area (Å²) >= 11 is 0. The van der Waals surface area contributed by atoms with Crippen LogP contribution >= 0.6 is 0 Å². The smallest absolute Gasteiger partial charge is 0.251 e. The molecule has 4 N–H and O–H groups in total. The van der Waals surface area contributed by atoms with Gasteiger partial charge in [0, 0.05) is 61.0 Å². The predicted molar refractivity (Wildman–Crippen MR) is 205 cm³/mol. The van der Waals surface area contributed by atoms with Gasteiger partial charge in [0.05, 0.1) is 26.4 Å². The van der Waals surface area contributed by atoms with Crippen molar-refractivity contribution in [1.82, 2.24) is 20.6 Å². The zero-order chi connectivity index (χ0) is 38.1. The normalized spacial score (nSPS) is 27.8. The summed E-state index contributed by atoms with van der Waals surface area (Å²) in [4.78, 5) is 38.3. The van der Waals surface area contributed by atoms with Crippen LogP contribution in [0.4, 0.5) is 5.69 Å². The van der Waals surface area contributed by atoms with Crippen molar-refractivity contribution >= 4 is 17.5 Å². The van der Waals surface area contributed by atoms with Crippen LogP contribution in [0.3, 0.4) is 0 Å². The van der Waals surface area contributed by atoms with Crippen LogP contribution in [-0.2, 0) is 16.2 Å². The Morgan fingerprint density at radius 1 is 1.13 bits per heavy atom. The summed E-state index contributed by atoms with van der Waals surface area (Å²) in [5, 5.41) is 29.5. The number of ether oxygens (including phenoxy) is 1. The first-order chi connectivity index (χ1) is 24.6. The molecule has 1 aliphatic heterocycles. The van der Waals surface area contributed by atoms with Gasteiger partial charge >= 0.3 is 0 Å². The molecule has 2 aromatic rings. The summed E-state index contributed by atoms with van der Waals surface area (Å²) in [6.45, 7) is 11.3. The number of amides is 2. The molecule has 2 aromatic carbocycles. The van der Waals surface area contributed by atoms with E-state index in [1.54, 1.807) is 19.1 Å². The highest BCUT2D eigenvalue weighted by molar-refractivity contribution is 5.97. The van der Waals surface area contributed by atoms with E-state index in [-0.39, 0.29) is 42.5 Å². The molecule has 6 rings (SSSR count). The van der Waals surface area contributed by atoms with E-state index in [0.717, 1.165) is 48.2 Å². The fourth-order valence-electron chi connectivity index (χ4n) is 9.25. The molecule has 288 valence electrons. The molecule has 3 saturated carbocycles. The third kappa shape index (κ3) is 8.14. The number of anilines is 1. The van der Waals surface area contributed by atoms with E-state index in [2.05, 4.69) is 43.2 Å². The molecule has 4 aliphatic rings. The molecule has 2 amide bonds. The lowest BCUT2D eigenvalue weighted by Gasteiger charge is -2.62. The Morgan fingerprint density at radius 2 is 1.87 bits per heavy atom. The van der Waals surface area contributed by atoms with Gasteiger partial charge in [-0.15, -0.1) is 0 Å². The number of likely N-dealkylation sites (N-methyl/N-ethyl adjacent to an activating group) is 1. The van der Waals surface area contributed by atoms with Crippen molar-refractivity contribution in [3.63, 3.8) is 0 Å². The maximum Gasteiger partial charge on any atom is 0.251 e. The van der Waals surface area contributed by atoms with Crippen LogP contribution < -0.4 is 20.3 Å². The molecule has 1 saturated heterocycles. The molecule has 3 aliphatic carbocycles. The van der Waals surface area contributed by atoms with Gasteiger partial charge in [-0.1, -0.05) is 52.3 Å². The second-order valence-corrected chi connectivity index (χ2v) is 16.6. The maximum absolute atomic E-state index is 14.2. The lowest BCUT2D eigenvalue weighted by atomic mass is 9.45. The molecule has 11 heteroatoms. The van der Waals surface area contributed by atoms with Crippen LogP contribution in [-0.4, -0.2) is 111 Å². The Morgan fingerprint density at radius 3 is 2.44 bits per heavy atom. The van der Waals surface area contributed by atoms with Gasteiger partial charge in [0.25, 0.3) is 5.91 Å². The number of carbonyl (C=O) groups is 2. The molecule has 0 radical (unpaired) electrons. The third-order valence-corrected chi connectivity index (χ3v) is 12.3. The number of nitrogens with zero attached hydrogens (tertiary/aromatic N) is 3. The molecular weight excluding hydrogens is 658 g/mol. The molecule has 11 nitrogen and oxygen atoms in total. The first-order valence-electron chi connectivity index (χ1n) is 19.1. The monoisotopic (exact) mass is 721 g/mol. The molecular formula is C41H63N5O6. The quantitative estimate of drug-likeness (QED) is 0.210. The Kier molecular flexibility index (Phi) is 12.6. The summed E-state index contributed by atoms with van der Waals surface area (Å²) in [5.41, 5.74) is 4.09. The second kappa shape index (κ2) is 16.4. The number of hydrogen-bond donors (Lipinski definition) is 4. The minimum Gasteiger partial charge on any atom is -0.496 e. The first-order valence-corrected chi connectivity index (χ1v) is 19.1. The molecule has 52 heavy (non-hydrogen) atoms. The standard InChI is InChI=1S/C41H63N5O6/c1-11-13-30(22-44(6)7)42-39(49)28-16-27(17-31(18-28)45(8)9)32-15-12-14-26(38(32)51-10)21-46-37(36(25(3)48)35(23-47)52-46)40(50)43-34-20-29-19-33(24(34)2)41(29,4)5/h12,14-18,24-25,29-30,33-37,47-48H,11,13,19-23H2,1-10H3,(H,42,49)(H,43,50)/t24-,25-,29+,30-,33-,34-,35-,36+,37-/m0/s1. The van der Waals surface area contributed by atoms with E-state index in [9.17, 15) is 19.8 Å². The van der Waals surface area contributed by atoms with Gasteiger partial charge in [0.2, 0.25) is 5.91 Å². The summed E-state index contributed by atoms with van der Waals surface area (Å²) in [6.07, 6.45) is 2.34. The number of fused-ring (bicyclic) bond motifs is 2. The van der Waals surface area contributed by atoms with Gasteiger partial charge in [-0.25, -0.2) is 0 Å². The molecule has 0 unspecified atom stereocenters. The highest BCUT2D eigenvalue weighted by Gasteiger charge is 2.57. The van der Waals surface area contributed by atoms with Crippen molar-refractivity contribution in [1.29, 1.82) is 0 Å². The van der Waals surface area contributed by atoms with Gasteiger partial charge in [0.15, 0.2) is 0 Å².